The number of hydrogen-bond donors (Lipinski definition) is 2. The lowest BCUT2D eigenvalue weighted by molar-refractivity contribution is -0.126. The number of carbonyl (C=O) groups is 2. The Bertz CT molecular complexity index is 1720. The van der Waals surface area contributed by atoms with Crippen LogP contribution in [0, 0.1) is 5.41 Å². The molecule has 4 aromatic rings. The Morgan fingerprint density at radius 1 is 0.667 bits per heavy atom. The lowest BCUT2D eigenvalue weighted by Gasteiger charge is -2.46. The molecule has 0 fully saturated rings. The topological polar surface area (TPSA) is 76.7 Å². The second kappa shape index (κ2) is 17.9. The predicted molar refractivity (Wildman–Crippen MR) is 231 cm³/mol. The van der Waals surface area contributed by atoms with Gasteiger partial charge in [-0.15, -0.1) is 0 Å². The first kappa shape index (κ1) is 43.8. The van der Waals surface area contributed by atoms with Crippen molar-refractivity contribution in [3.63, 3.8) is 0 Å². The highest BCUT2D eigenvalue weighted by atomic mass is 35.6. The Morgan fingerprint density at radius 3 is 1.44 bits per heavy atom. The smallest absolute Gasteiger partial charge is 0.408 e. The minimum Gasteiger partial charge on any atom is -0.439 e. The summed E-state index contributed by atoms with van der Waals surface area (Å²) in [5.41, 5.74) is -2.19. The fraction of sp³-hybridized carbons (Fsp3) is 0.395. The molecule has 4 rings (SSSR count). The highest BCUT2D eigenvalue weighted by Gasteiger charge is 2.52. The summed E-state index contributed by atoms with van der Waals surface area (Å²) in [6, 6.07) is 40.3. The quantitative estimate of drug-likeness (QED) is 0.0803. The summed E-state index contributed by atoms with van der Waals surface area (Å²) in [7, 11) is -4.00. The van der Waals surface area contributed by atoms with Crippen molar-refractivity contribution in [2.75, 3.05) is 6.16 Å². The Kier molecular flexibility index (Phi) is 14.5. The van der Waals surface area contributed by atoms with Crippen molar-refractivity contribution in [3.8, 4) is 0 Å². The van der Waals surface area contributed by atoms with E-state index < -0.39 is 55.3 Å². The van der Waals surface area contributed by atoms with Gasteiger partial charge in [0.15, 0.2) is 5.60 Å². The van der Waals surface area contributed by atoms with E-state index in [4.69, 9.17) is 44.0 Å². The fourth-order valence-electron chi connectivity index (χ4n) is 6.51. The molecule has 4 aromatic carbocycles. The zero-order valence-corrected chi connectivity index (χ0v) is 36.9. The second-order valence-corrected chi connectivity index (χ2v) is 25.0. The van der Waals surface area contributed by atoms with Gasteiger partial charge in [0.25, 0.3) is 8.32 Å². The summed E-state index contributed by atoms with van der Waals surface area (Å²) in [5, 5.41) is 10.5. The average molecular weight is 828 g/mol. The number of rotatable bonds is 13. The second-order valence-electron chi connectivity index (χ2n) is 16.2. The molecule has 0 saturated carbocycles. The van der Waals surface area contributed by atoms with Crippen LogP contribution in [-0.4, -0.2) is 54.1 Å². The molecule has 0 bridgehead atoms. The molecule has 0 aliphatic rings. The minimum atomic E-state index is -3.04. The molecule has 0 unspecified atom stereocenters. The van der Waals surface area contributed by atoms with Crippen LogP contribution in [0.1, 0.15) is 62.3 Å². The highest BCUT2D eigenvalue weighted by Crippen LogP contribution is 2.41. The Labute approximate surface area is 339 Å². The first-order valence-electron chi connectivity index (χ1n) is 18.2. The summed E-state index contributed by atoms with van der Waals surface area (Å²) in [6.45, 7) is 17.4. The molecule has 0 aromatic heterocycles. The first-order valence-corrected chi connectivity index (χ1v) is 22.8. The van der Waals surface area contributed by atoms with E-state index in [1.54, 1.807) is 0 Å². The molecule has 0 radical (unpaired) electrons. The third kappa shape index (κ3) is 10.7. The van der Waals surface area contributed by atoms with Crippen molar-refractivity contribution in [2.45, 2.75) is 94.9 Å². The molecular weight excluding hydrogens is 774 g/mol. The van der Waals surface area contributed by atoms with Crippen molar-refractivity contribution >= 4 is 84.0 Å². The molecule has 0 saturated heterocycles. The Hall–Kier alpha value is -2.90. The molecule has 0 spiro atoms. The van der Waals surface area contributed by atoms with Crippen LogP contribution in [0.15, 0.2) is 121 Å². The number of carbonyl (C=O) groups excluding carboxylic acids is 2. The molecule has 0 heterocycles. The van der Waals surface area contributed by atoms with Crippen LogP contribution in [0.3, 0.4) is 0 Å². The summed E-state index contributed by atoms with van der Waals surface area (Å²) in [4.78, 5) is 28.0. The summed E-state index contributed by atoms with van der Waals surface area (Å²) >= 11 is 18.4. The normalized spacial score (nSPS) is 14.5. The standard InChI is InChI=1S/C43H54Cl3N2O4PSi/c1-31(52-54(41(5,6)7,34-26-18-12-19-27-34)35-28-20-13-21-29-35)36(30-53(32-22-14-10-15-23-32)33-24-16-11-17-25-33)47-38(49)37(40(2,3)4)48-39(50)51-42(8,9)43(44,45)46/h10-29,31,36-37H,30H2,1-9H3,(H,47,49)(H,48,50)/t31-,36-,37+/m0/s1. The number of hydrogen-bond acceptors (Lipinski definition) is 4. The maximum atomic E-state index is 14.7. The zero-order valence-electron chi connectivity index (χ0n) is 32.7. The van der Waals surface area contributed by atoms with Crippen LogP contribution >= 0.6 is 42.7 Å². The van der Waals surface area contributed by atoms with Gasteiger partial charge in [-0.1, -0.05) is 198 Å². The van der Waals surface area contributed by atoms with Gasteiger partial charge in [-0.3, -0.25) is 4.79 Å². The van der Waals surface area contributed by atoms with E-state index >= 15 is 0 Å². The van der Waals surface area contributed by atoms with E-state index in [1.807, 2.05) is 69.3 Å². The molecule has 0 aliphatic heterocycles. The highest BCUT2D eigenvalue weighted by molar-refractivity contribution is 7.73. The molecule has 54 heavy (non-hydrogen) atoms. The number of nitrogens with one attached hydrogen (secondary N) is 2. The van der Waals surface area contributed by atoms with E-state index in [1.165, 1.54) is 24.5 Å². The van der Waals surface area contributed by atoms with E-state index in [0.29, 0.717) is 6.16 Å². The maximum Gasteiger partial charge on any atom is 0.408 e. The van der Waals surface area contributed by atoms with Crippen LogP contribution in [0.25, 0.3) is 0 Å². The number of benzene rings is 4. The summed E-state index contributed by atoms with van der Waals surface area (Å²) in [5.74, 6) is -0.370. The SMILES string of the molecule is C[C@H](O[Si](c1ccccc1)(c1ccccc1)C(C)(C)C)[C@H](CP(c1ccccc1)c1ccccc1)NC(=O)[C@@H](NC(=O)OC(C)(C)C(Cl)(Cl)Cl)C(C)(C)C. The van der Waals surface area contributed by atoms with Gasteiger partial charge in [-0.05, 0) is 66.3 Å². The molecule has 0 aliphatic carbocycles. The molecule has 6 nitrogen and oxygen atoms in total. The van der Waals surface area contributed by atoms with Gasteiger partial charge < -0.3 is 19.8 Å². The lowest BCUT2D eigenvalue weighted by atomic mass is 9.86. The van der Waals surface area contributed by atoms with E-state index in [2.05, 4.69) is 111 Å². The third-order valence-corrected chi connectivity index (χ3v) is 18.7. The van der Waals surface area contributed by atoms with Gasteiger partial charge in [0.05, 0.1) is 12.1 Å². The van der Waals surface area contributed by atoms with Crippen molar-refractivity contribution < 1.29 is 18.8 Å². The van der Waals surface area contributed by atoms with Gasteiger partial charge in [0.1, 0.15) is 6.04 Å². The number of alkyl halides is 3. The lowest BCUT2D eigenvalue weighted by Crippen LogP contribution is -2.69. The van der Waals surface area contributed by atoms with Gasteiger partial charge in [-0.25, -0.2) is 4.79 Å². The van der Waals surface area contributed by atoms with Crippen molar-refractivity contribution in [1.82, 2.24) is 10.6 Å². The van der Waals surface area contributed by atoms with Crippen LogP contribution < -0.4 is 31.6 Å². The van der Waals surface area contributed by atoms with Gasteiger partial charge in [-0.2, -0.15) is 0 Å². The van der Waals surface area contributed by atoms with Crippen LogP contribution in [-0.2, 0) is 14.0 Å². The molecule has 290 valence electrons. The molecule has 11 heteroatoms. The number of alkyl carbamates (subject to hydrolysis) is 1. The van der Waals surface area contributed by atoms with Gasteiger partial charge >= 0.3 is 6.09 Å². The minimum absolute atomic E-state index is 0.295. The van der Waals surface area contributed by atoms with Gasteiger partial charge in [0.2, 0.25) is 9.70 Å². The molecular formula is C43H54Cl3N2O4PSi. The maximum absolute atomic E-state index is 14.7. The van der Waals surface area contributed by atoms with Crippen molar-refractivity contribution in [3.05, 3.63) is 121 Å². The fourth-order valence-corrected chi connectivity index (χ4v) is 13.9. The number of halogens is 3. The average Bonchev–Trinajstić information content (AvgIpc) is 3.11. The van der Waals surface area contributed by atoms with E-state index in [0.717, 1.165) is 10.4 Å². The van der Waals surface area contributed by atoms with Gasteiger partial charge in [0, 0.05) is 0 Å². The zero-order chi connectivity index (χ0) is 40.0. The van der Waals surface area contributed by atoms with E-state index in [9.17, 15) is 9.59 Å². The van der Waals surface area contributed by atoms with Crippen molar-refractivity contribution in [2.24, 2.45) is 5.41 Å². The molecule has 3 atom stereocenters. The molecule has 2 amide bonds. The molecule has 2 N–H and O–H groups in total. The number of amides is 2. The van der Waals surface area contributed by atoms with Crippen LogP contribution in [0.5, 0.6) is 0 Å². The van der Waals surface area contributed by atoms with E-state index in [-0.39, 0.29) is 10.9 Å². The Balaban J connectivity index is 1.83. The Morgan fingerprint density at radius 2 is 1.07 bits per heavy atom. The van der Waals surface area contributed by atoms with Crippen LogP contribution in [0.2, 0.25) is 5.04 Å². The number of ether oxygens (including phenoxy) is 1. The monoisotopic (exact) mass is 826 g/mol. The largest absolute Gasteiger partial charge is 0.439 e. The summed E-state index contributed by atoms with van der Waals surface area (Å²) < 4.78 is 11.3. The van der Waals surface area contributed by atoms with Crippen molar-refractivity contribution in [1.29, 1.82) is 0 Å². The predicted octanol–water partition coefficient (Wildman–Crippen LogP) is 8.86. The third-order valence-electron chi connectivity index (χ3n) is 9.61. The van der Waals surface area contributed by atoms with Crippen LogP contribution in [0.4, 0.5) is 4.79 Å². The first-order chi connectivity index (χ1) is 25.2. The summed E-state index contributed by atoms with van der Waals surface area (Å²) in [6.07, 6.45) is -0.755.